The highest BCUT2D eigenvalue weighted by Crippen LogP contribution is 2.33. The molecule has 1 fully saturated rings. The second-order valence-electron chi connectivity index (χ2n) is 5.70. The average molecular weight is 446 g/mol. The van der Waals surface area contributed by atoms with Crippen LogP contribution in [0, 0.1) is 10.1 Å². The van der Waals surface area contributed by atoms with E-state index in [0.717, 1.165) is 0 Å². The van der Waals surface area contributed by atoms with E-state index >= 15 is 0 Å². The van der Waals surface area contributed by atoms with Gasteiger partial charge in [-0.3, -0.25) is 10.1 Å². The van der Waals surface area contributed by atoms with Crippen molar-refractivity contribution < 1.29 is 13.3 Å². The van der Waals surface area contributed by atoms with Gasteiger partial charge < -0.3 is 4.90 Å². The number of anilines is 1. The van der Waals surface area contributed by atoms with Crippen LogP contribution in [0.5, 0.6) is 0 Å². The maximum Gasteiger partial charge on any atom is 0.293 e. The van der Waals surface area contributed by atoms with E-state index in [1.165, 1.54) is 17.4 Å². The summed E-state index contributed by atoms with van der Waals surface area (Å²) >= 11 is 4.43. The fraction of sp³-hybridized carbons (Fsp3) is 0.333. The fourth-order valence-corrected chi connectivity index (χ4v) is 5.51. The lowest BCUT2D eigenvalue weighted by molar-refractivity contribution is -0.384. The van der Waals surface area contributed by atoms with E-state index in [-0.39, 0.29) is 11.7 Å². The summed E-state index contributed by atoms with van der Waals surface area (Å²) in [7, 11) is -3.49. The summed E-state index contributed by atoms with van der Waals surface area (Å²) in [6.45, 7) is 1.11. The Bertz CT molecular complexity index is 863. The molecule has 1 aliphatic heterocycles. The van der Waals surface area contributed by atoms with Crippen LogP contribution < -0.4 is 9.62 Å². The molecule has 0 unspecified atom stereocenters. The van der Waals surface area contributed by atoms with Crippen molar-refractivity contribution in [3.63, 3.8) is 0 Å². The first-order valence-corrected chi connectivity index (χ1v) is 10.8. The van der Waals surface area contributed by atoms with Crippen LogP contribution in [0.3, 0.4) is 0 Å². The quantitative estimate of drug-likeness (QED) is 0.562. The Kier molecular flexibility index (Phi) is 5.42. The van der Waals surface area contributed by atoms with Crippen LogP contribution in [0.2, 0.25) is 0 Å². The molecule has 3 rings (SSSR count). The first-order chi connectivity index (χ1) is 11.9. The van der Waals surface area contributed by atoms with Gasteiger partial charge in [0.1, 0.15) is 9.90 Å². The third kappa shape index (κ3) is 4.20. The van der Waals surface area contributed by atoms with Crippen LogP contribution in [0.15, 0.2) is 44.4 Å². The van der Waals surface area contributed by atoms with Crippen molar-refractivity contribution in [3.8, 4) is 0 Å². The van der Waals surface area contributed by atoms with Gasteiger partial charge in [0, 0.05) is 29.7 Å². The number of halogens is 1. The molecule has 134 valence electrons. The normalized spacial score (nSPS) is 16.1. The number of rotatable bonds is 5. The molecule has 2 aromatic rings. The van der Waals surface area contributed by atoms with Crippen LogP contribution in [0.1, 0.15) is 12.8 Å². The number of piperidine rings is 1. The SMILES string of the molecule is O=[N+]([O-])c1cc(Br)ccc1N1CCC(NS(=O)(=O)c2cccs2)CC1. The van der Waals surface area contributed by atoms with E-state index in [4.69, 9.17) is 0 Å². The second kappa shape index (κ2) is 7.40. The van der Waals surface area contributed by atoms with Crippen molar-refractivity contribution in [2.45, 2.75) is 23.1 Å². The highest BCUT2D eigenvalue weighted by atomic mass is 79.9. The number of nitrogens with zero attached hydrogens (tertiary/aromatic N) is 2. The molecule has 0 aliphatic carbocycles. The minimum atomic E-state index is -3.49. The standard InChI is InChI=1S/C15H16BrN3O4S2/c16-11-3-4-13(14(10-11)19(20)21)18-7-5-12(6-8-18)17-25(22,23)15-2-1-9-24-15/h1-4,9-10,12,17H,5-8H2. The largest absolute Gasteiger partial charge is 0.366 e. The second-order valence-corrected chi connectivity index (χ2v) is 9.51. The fourth-order valence-electron chi connectivity index (χ4n) is 2.84. The molecule has 1 aromatic heterocycles. The van der Waals surface area contributed by atoms with Gasteiger partial charge in [-0.2, -0.15) is 0 Å². The minimum Gasteiger partial charge on any atom is -0.366 e. The Labute approximate surface area is 158 Å². The molecule has 1 aromatic carbocycles. The summed E-state index contributed by atoms with van der Waals surface area (Å²) in [5.74, 6) is 0. The first kappa shape index (κ1) is 18.3. The van der Waals surface area contributed by atoms with Gasteiger partial charge in [-0.25, -0.2) is 13.1 Å². The Balaban J connectivity index is 1.68. The summed E-state index contributed by atoms with van der Waals surface area (Å²) < 4.78 is 28.3. The minimum absolute atomic E-state index is 0.0481. The summed E-state index contributed by atoms with van der Waals surface area (Å²) in [6, 6.07) is 8.09. The number of nitro benzene ring substituents is 1. The zero-order valence-electron chi connectivity index (χ0n) is 13.1. The lowest BCUT2D eigenvalue weighted by Crippen LogP contribution is -2.44. The van der Waals surface area contributed by atoms with Gasteiger partial charge in [-0.1, -0.05) is 22.0 Å². The van der Waals surface area contributed by atoms with Gasteiger partial charge in [-0.05, 0) is 36.4 Å². The highest BCUT2D eigenvalue weighted by molar-refractivity contribution is 9.10. The number of hydrogen-bond acceptors (Lipinski definition) is 6. The van der Waals surface area contributed by atoms with Gasteiger partial charge in [0.15, 0.2) is 0 Å². The van der Waals surface area contributed by atoms with E-state index in [0.29, 0.717) is 40.3 Å². The number of sulfonamides is 1. The Hall–Kier alpha value is -1.49. The predicted octanol–water partition coefficient (Wildman–Crippen LogP) is 3.37. The number of benzene rings is 1. The lowest BCUT2D eigenvalue weighted by atomic mass is 10.1. The molecule has 7 nitrogen and oxygen atoms in total. The van der Waals surface area contributed by atoms with Gasteiger partial charge in [0.2, 0.25) is 10.0 Å². The van der Waals surface area contributed by atoms with Crippen LogP contribution in [-0.4, -0.2) is 32.5 Å². The molecule has 2 heterocycles. The van der Waals surface area contributed by atoms with Crippen molar-refractivity contribution in [1.29, 1.82) is 0 Å². The maximum atomic E-state index is 12.3. The zero-order valence-corrected chi connectivity index (χ0v) is 16.3. The molecule has 25 heavy (non-hydrogen) atoms. The van der Waals surface area contributed by atoms with E-state index in [9.17, 15) is 18.5 Å². The highest BCUT2D eigenvalue weighted by Gasteiger charge is 2.28. The number of hydrogen-bond donors (Lipinski definition) is 1. The van der Waals surface area contributed by atoms with Crippen molar-refractivity contribution in [3.05, 3.63) is 50.3 Å². The van der Waals surface area contributed by atoms with Crippen LogP contribution in [0.4, 0.5) is 11.4 Å². The lowest BCUT2D eigenvalue weighted by Gasteiger charge is -2.33. The van der Waals surface area contributed by atoms with Gasteiger partial charge in [0.25, 0.3) is 5.69 Å². The summed E-state index contributed by atoms with van der Waals surface area (Å²) in [5.41, 5.74) is 0.611. The molecular formula is C15H16BrN3O4S2. The summed E-state index contributed by atoms with van der Waals surface area (Å²) in [5, 5.41) is 13.0. The first-order valence-electron chi connectivity index (χ1n) is 7.61. The Morgan fingerprint density at radius 1 is 1.28 bits per heavy atom. The maximum absolute atomic E-state index is 12.3. The topological polar surface area (TPSA) is 92.6 Å². The molecule has 1 N–H and O–H groups in total. The average Bonchev–Trinajstić information content (AvgIpc) is 3.11. The summed E-state index contributed by atoms with van der Waals surface area (Å²) in [4.78, 5) is 12.8. The van der Waals surface area contributed by atoms with Gasteiger partial charge in [-0.15, -0.1) is 11.3 Å². The molecule has 0 radical (unpaired) electrons. The predicted molar refractivity (Wildman–Crippen MR) is 101 cm³/mol. The smallest absolute Gasteiger partial charge is 0.293 e. The zero-order chi connectivity index (χ0) is 18.0. The molecule has 0 saturated carbocycles. The molecule has 1 saturated heterocycles. The van der Waals surface area contributed by atoms with Crippen LogP contribution >= 0.6 is 27.3 Å². The van der Waals surface area contributed by atoms with Crippen molar-refractivity contribution >= 4 is 48.7 Å². The Morgan fingerprint density at radius 3 is 2.60 bits per heavy atom. The number of thiophene rings is 1. The van der Waals surface area contributed by atoms with Gasteiger partial charge >= 0.3 is 0 Å². The molecule has 0 amide bonds. The third-order valence-electron chi connectivity index (χ3n) is 4.05. The Morgan fingerprint density at radius 2 is 2.00 bits per heavy atom. The van der Waals surface area contributed by atoms with Gasteiger partial charge in [0.05, 0.1) is 4.92 Å². The third-order valence-corrected chi connectivity index (χ3v) is 7.46. The number of nitrogens with one attached hydrogen (secondary N) is 1. The monoisotopic (exact) mass is 445 g/mol. The molecule has 1 aliphatic rings. The van der Waals surface area contributed by atoms with Crippen molar-refractivity contribution in [1.82, 2.24) is 4.72 Å². The van der Waals surface area contributed by atoms with E-state index in [1.54, 1.807) is 29.6 Å². The van der Waals surface area contributed by atoms with E-state index in [1.807, 2.05) is 4.90 Å². The van der Waals surface area contributed by atoms with E-state index in [2.05, 4.69) is 20.7 Å². The van der Waals surface area contributed by atoms with Crippen molar-refractivity contribution in [2.75, 3.05) is 18.0 Å². The molecule has 0 spiro atoms. The molecule has 0 bridgehead atoms. The van der Waals surface area contributed by atoms with Crippen LogP contribution in [0.25, 0.3) is 0 Å². The molecule has 0 atom stereocenters. The molecular weight excluding hydrogens is 430 g/mol. The molecule has 10 heteroatoms. The van der Waals surface area contributed by atoms with Crippen LogP contribution in [-0.2, 0) is 10.0 Å². The number of nitro groups is 1. The van der Waals surface area contributed by atoms with E-state index < -0.39 is 14.9 Å². The van der Waals surface area contributed by atoms with Crippen molar-refractivity contribution in [2.24, 2.45) is 0 Å². The summed E-state index contributed by atoms with van der Waals surface area (Å²) in [6.07, 6.45) is 1.19.